The van der Waals surface area contributed by atoms with E-state index in [1.165, 1.54) is 24.8 Å². The van der Waals surface area contributed by atoms with Gasteiger partial charge in [-0.2, -0.15) is 0 Å². The fraction of sp³-hybridized carbons (Fsp3) is 0.296. The number of carbonyl (C=O) groups excluding carboxylic acids is 1. The number of hydrogen-bond donors (Lipinski definition) is 1. The normalized spacial score (nSPS) is 11.9. The van der Waals surface area contributed by atoms with Crippen LogP contribution in [-0.4, -0.2) is 28.0 Å². The van der Waals surface area contributed by atoms with E-state index in [1.807, 2.05) is 12.1 Å². The molecule has 5 nitrogen and oxygen atoms in total. The van der Waals surface area contributed by atoms with Gasteiger partial charge in [0.1, 0.15) is 0 Å². The molecule has 0 aromatic heterocycles. The van der Waals surface area contributed by atoms with E-state index >= 15 is 0 Å². The van der Waals surface area contributed by atoms with Crippen LogP contribution in [0.1, 0.15) is 47.8 Å². The van der Waals surface area contributed by atoms with Crippen molar-refractivity contribution in [2.75, 3.05) is 13.7 Å². The SMILES string of the molecule is COC(=O)c1cc(S(=O)(=O)NCCc2ccc(-c3ccc(C(C)(C)C)cc3)cc2)ccc1C. The third-order valence-corrected chi connectivity index (χ3v) is 7.13. The van der Waals surface area contributed by atoms with E-state index in [4.69, 9.17) is 4.74 Å². The molecule has 6 heteroatoms. The quantitative estimate of drug-likeness (QED) is 0.483. The molecule has 0 atom stereocenters. The topological polar surface area (TPSA) is 72.5 Å². The molecule has 0 amide bonds. The first-order valence-electron chi connectivity index (χ1n) is 10.9. The number of rotatable bonds is 7. The lowest BCUT2D eigenvalue weighted by molar-refractivity contribution is 0.0599. The Balaban J connectivity index is 1.63. The predicted octanol–water partition coefficient (Wildman–Crippen LogP) is 5.27. The van der Waals surface area contributed by atoms with Gasteiger partial charge in [0, 0.05) is 6.54 Å². The number of aryl methyl sites for hydroxylation is 1. The molecule has 0 saturated carbocycles. The van der Waals surface area contributed by atoms with Crippen LogP contribution in [0.25, 0.3) is 11.1 Å². The lowest BCUT2D eigenvalue weighted by Gasteiger charge is -2.19. The number of benzene rings is 3. The standard InChI is InChI=1S/C27H31NO4S/c1-19-6-15-24(18-25(19)26(29)32-5)33(30,31)28-17-16-20-7-9-21(10-8-20)22-11-13-23(14-12-22)27(2,3)4/h6-15,18,28H,16-17H2,1-5H3. The fourth-order valence-corrected chi connectivity index (χ4v) is 4.60. The maximum atomic E-state index is 12.7. The van der Waals surface area contributed by atoms with Gasteiger partial charge in [0.25, 0.3) is 0 Å². The molecule has 3 aromatic carbocycles. The summed E-state index contributed by atoms with van der Waals surface area (Å²) >= 11 is 0. The number of nitrogens with one attached hydrogen (secondary N) is 1. The maximum absolute atomic E-state index is 12.7. The molecule has 0 bridgehead atoms. The van der Waals surface area contributed by atoms with Crippen molar-refractivity contribution in [3.63, 3.8) is 0 Å². The molecule has 3 rings (SSSR count). The van der Waals surface area contributed by atoms with Crippen molar-refractivity contribution in [2.45, 2.75) is 44.4 Å². The van der Waals surface area contributed by atoms with E-state index < -0.39 is 16.0 Å². The minimum atomic E-state index is -3.74. The Bertz CT molecular complexity index is 1220. The van der Waals surface area contributed by atoms with Gasteiger partial charge in [0.05, 0.1) is 17.6 Å². The molecule has 0 aliphatic carbocycles. The molecule has 3 aromatic rings. The van der Waals surface area contributed by atoms with Crippen LogP contribution in [0.15, 0.2) is 71.6 Å². The molecule has 0 aliphatic rings. The monoisotopic (exact) mass is 465 g/mol. The fourth-order valence-electron chi connectivity index (χ4n) is 3.54. The molecule has 0 fully saturated rings. The van der Waals surface area contributed by atoms with Gasteiger partial charge in [0.2, 0.25) is 10.0 Å². The number of esters is 1. The summed E-state index contributed by atoms with van der Waals surface area (Å²) in [6.07, 6.45) is 0.554. The molecule has 0 radical (unpaired) electrons. The van der Waals surface area contributed by atoms with E-state index in [9.17, 15) is 13.2 Å². The summed E-state index contributed by atoms with van der Waals surface area (Å²) in [7, 11) is -2.47. The highest BCUT2D eigenvalue weighted by Crippen LogP contribution is 2.26. The summed E-state index contributed by atoms with van der Waals surface area (Å²) in [5, 5.41) is 0. The zero-order chi connectivity index (χ0) is 24.2. The average molecular weight is 466 g/mol. The van der Waals surface area contributed by atoms with E-state index in [0.29, 0.717) is 12.0 Å². The Morgan fingerprint density at radius 3 is 2.03 bits per heavy atom. The van der Waals surface area contributed by atoms with Gasteiger partial charge in [-0.1, -0.05) is 75.4 Å². The van der Waals surface area contributed by atoms with Crippen LogP contribution < -0.4 is 4.72 Å². The number of methoxy groups -OCH3 is 1. The smallest absolute Gasteiger partial charge is 0.338 e. The molecule has 1 N–H and O–H groups in total. The Hall–Kier alpha value is -2.96. The molecule has 0 spiro atoms. The second-order valence-corrected chi connectivity index (χ2v) is 10.9. The summed E-state index contributed by atoms with van der Waals surface area (Å²) in [5.74, 6) is -0.558. The van der Waals surface area contributed by atoms with Crippen molar-refractivity contribution in [3.8, 4) is 11.1 Å². The largest absolute Gasteiger partial charge is 0.465 e. The molecule has 174 valence electrons. The summed E-state index contributed by atoms with van der Waals surface area (Å²) in [4.78, 5) is 11.9. The van der Waals surface area contributed by atoms with E-state index in [0.717, 1.165) is 16.7 Å². The van der Waals surface area contributed by atoms with Crippen molar-refractivity contribution >= 4 is 16.0 Å². The van der Waals surface area contributed by atoms with Crippen LogP contribution in [0.3, 0.4) is 0 Å². The third-order valence-electron chi connectivity index (χ3n) is 5.67. The highest BCUT2D eigenvalue weighted by molar-refractivity contribution is 7.89. The molecular weight excluding hydrogens is 434 g/mol. The minimum absolute atomic E-state index is 0.0440. The van der Waals surface area contributed by atoms with Crippen LogP contribution in [-0.2, 0) is 26.6 Å². The Labute approximate surface area is 196 Å². The summed E-state index contributed by atoms with van der Waals surface area (Å²) in [5.41, 5.74) is 5.62. The number of ether oxygens (including phenoxy) is 1. The minimum Gasteiger partial charge on any atom is -0.465 e. The highest BCUT2D eigenvalue weighted by Gasteiger charge is 2.18. The molecule has 0 heterocycles. The first-order chi connectivity index (χ1) is 15.5. The van der Waals surface area contributed by atoms with Gasteiger partial charge in [0.15, 0.2) is 0 Å². The van der Waals surface area contributed by atoms with E-state index in [-0.39, 0.29) is 22.4 Å². The average Bonchev–Trinajstić information content (AvgIpc) is 2.78. The van der Waals surface area contributed by atoms with E-state index in [1.54, 1.807) is 13.0 Å². The first-order valence-corrected chi connectivity index (χ1v) is 12.4. The van der Waals surface area contributed by atoms with Crippen molar-refractivity contribution in [1.82, 2.24) is 4.72 Å². The lowest BCUT2D eigenvalue weighted by Crippen LogP contribution is -2.26. The number of hydrogen-bond acceptors (Lipinski definition) is 4. The van der Waals surface area contributed by atoms with Crippen LogP contribution in [0.5, 0.6) is 0 Å². The summed E-state index contributed by atoms with van der Waals surface area (Å²) in [6, 6.07) is 21.2. The molecule has 33 heavy (non-hydrogen) atoms. The lowest BCUT2D eigenvalue weighted by atomic mass is 9.86. The molecule has 0 unspecified atom stereocenters. The van der Waals surface area contributed by atoms with Gasteiger partial charge in [-0.15, -0.1) is 0 Å². The first kappa shape index (κ1) is 24.7. The Morgan fingerprint density at radius 2 is 1.48 bits per heavy atom. The number of sulfonamides is 1. The second-order valence-electron chi connectivity index (χ2n) is 9.14. The van der Waals surface area contributed by atoms with Crippen LogP contribution in [0.2, 0.25) is 0 Å². The molecular formula is C27H31NO4S. The van der Waals surface area contributed by atoms with Crippen molar-refractivity contribution in [3.05, 3.63) is 89.0 Å². The van der Waals surface area contributed by atoms with Crippen LogP contribution in [0.4, 0.5) is 0 Å². The van der Waals surface area contributed by atoms with Crippen molar-refractivity contribution in [1.29, 1.82) is 0 Å². The molecule has 0 aliphatic heterocycles. The highest BCUT2D eigenvalue weighted by atomic mass is 32.2. The zero-order valence-electron chi connectivity index (χ0n) is 19.8. The van der Waals surface area contributed by atoms with E-state index in [2.05, 4.69) is 61.9 Å². The van der Waals surface area contributed by atoms with Crippen molar-refractivity contribution < 1.29 is 17.9 Å². The molecule has 0 saturated heterocycles. The van der Waals surface area contributed by atoms with Crippen LogP contribution in [0, 0.1) is 6.92 Å². The third kappa shape index (κ3) is 6.09. The Kier molecular flexibility index (Phi) is 7.40. The van der Waals surface area contributed by atoms with Gasteiger partial charge >= 0.3 is 5.97 Å². The van der Waals surface area contributed by atoms with Gasteiger partial charge in [-0.3, -0.25) is 0 Å². The zero-order valence-corrected chi connectivity index (χ0v) is 20.6. The van der Waals surface area contributed by atoms with Gasteiger partial charge < -0.3 is 4.74 Å². The Morgan fingerprint density at radius 1 is 0.909 bits per heavy atom. The maximum Gasteiger partial charge on any atom is 0.338 e. The van der Waals surface area contributed by atoms with Crippen LogP contribution >= 0.6 is 0 Å². The van der Waals surface area contributed by atoms with Crippen molar-refractivity contribution in [2.24, 2.45) is 0 Å². The summed E-state index contributed by atoms with van der Waals surface area (Å²) in [6.45, 7) is 8.58. The van der Waals surface area contributed by atoms with Gasteiger partial charge in [-0.25, -0.2) is 17.9 Å². The summed E-state index contributed by atoms with van der Waals surface area (Å²) < 4.78 is 32.7. The predicted molar refractivity (Wildman–Crippen MR) is 132 cm³/mol. The number of carbonyl (C=O) groups is 1. The second kappa shape index (κ2) is 9.89. The van der Waals surface area contributed by atoms with Gasteiger partial charge in [-0.05, 0) is 58.7 Å².